The Kier molecular flexibility index (Phi) is 3.77. The Labute approximate surface area is 125 Å². The van der Waals surface area contributed by atoms with Crippen LogP contribution >= 0.6 is 11.6 Å². The van der Waals surface area contributed by atoms with Crippen LogP contribution in [0.1, 0.15) is 0 Å². The maximum atomic E-state index is 13.3. The van der Waals surface area contributed by atoms with Crippen LogP contribution in [0.4, 0.5) is 4.39 Å². The lowest BCUT2D eigenvalue weighted by molar-refractivity contribution is 0.328. The minimum absolute atomic E-state index is 0.330. The van der Waals surface area contributed by atoms with Gasteiger partial charge in [-0.2, -0.15) is 0 Å². The lowest BCUT2D eigenvalue weighted by Gasteiger charge is -2.06. The standard InChI is InChI=1S/C15H12ClFN2O2/c16-13-12(20-7-6-18)5-4-11-14(19-21-15(11)13)9-2-1-3-10(17)8-9/h1-5,8H,6-7,18H2. The summed E-state index contributed by atoms with van der Waals surface area (Å²) in [4.78, 5) is 0. The number of hydrogen-bond donors (Lipinski definition) is 1. The van der Waals surface area contributed by atoms with Gasteiger partial charge in [0.25, 0.3) is 0 Å². The number of rotatable bonds is 4. The predicted octanol–water partition coefficient (Wildman–Crippen LogP) is 3.62. The first-order valence-electron chi connectivity index (χ1n) is 6.37. The van der Waals surface area contributed by atoms with E-state index in [0.29, 0.717) is 46.2 Å². The highest BCUT2D eigenvalue weighted by Gasteiger charge is 2.16. The fraction of sp³-hybridized carbons (Fsp3) is 0.133. The van der Waals surface area contributed by atoms with Crippen molar-refractivity contribution < 1.29 is 13.7 Å². The molecule has 0 spiro atoms. The summed E-state index contributed by atoms with van der Waals surface area (Å²) in [5.74, 6) is 0.147. The fourth-order valence-corrected chi connectivity index (χ4v) is 2.33. The van der Waals surface area contributed by atoms with Gasteiger partial charge in [0, 0.05) is 12.1 Å². The second-order valence-corrected chi connectivity index (χ2v) is 4.81. The molecule has 0 aliphatic carbocycles. The summed E-state index contributed by atoms with van der Waals surface area (Å²) in [5.41, 5.74) is 6.97. The quantitative estimate of drug-likeness (QED) is 0.799. The van der Waals surface area contributed by atoms with Crippen molar-refractivity contribution in [3.05, 3.63) is 47.2 Å². The molecule has 0 aliphatic heterocycles. The zero-order valence-corrected chi connectivity index (χ0v) is 11.7. The Morgan fingerprint density at radius 1 is 1.29 bits per heavy atom. The zero-order chi connectivity index (χ0) is 14.8. The van der Waals surface area contributed by atoms with Gasteiger partial charge in [0.15, 0.2) is 5.58 Å². The Morgan fingerprint density at radius 3 is 2.90 bits per heavy atom. The van der Waals surface area contributed by atoms with E-state index in [4.69, 9.17) is 26.6 Å². The zero-order valence-electron chi connectivity index (χ0n) is 11.0. The van der Waals surface area contributed by atoms with Crippen molar-refractivity contribution in [2.75, 3.05) is 13.2 Å². The highest BCUT2D eigenvalue weighted by atomic mass is 35.5. The van der Waals surface area contributed by atoms with E-state index in [1.807, 2.05) is 0 Å². The van der Waals surface area contributed by atoms with Gasteiger partial charge in [-0.1, -0.05) is 28.9 Å². The number of halogens is 2. The lowest BCUT2D eigenvalue weighted by atomic mass is 10.1. The van der Waals surface area contributed by atoms with E-state index in [2.05, 4.69) is 5.16 Å². The molecule has 0 radical (unpaired) electrons. The van der Waals surface area contributed by atoms with Crippen molar-refractivity contribution in [2.24, 2.45) is 5.73 Å². The first-order valence-corrected chi connectivity index (χ1v) is 6.75. The van der Waals surface area contributed by atoms with Crippen LogP contribution in [0.3, 0.4) is 0 Å². The number of fused-ring (bicyclic) bond motifs is 1. The maximum Gasteiger partial charge on any atom is 0.189 e. The lowest BCUT2D eigenvalue weighted by Crippen LogP contribution is -2.10. The second kappa shape index (κ2) is 5.71. The molecule has 0 fully saturated rings. The monoisotopic (exact) mass is 306 g/mol. The fourth-order valence-electron chi connectivity index (χ4n) is 2.08. The molecule has 1 heterocycles. The van der Waals surface area contributed by atoms with Crippen molar-refractivity contribution >= 4 is 22.6 Å². The SMILES string of the molecule is NCCOc1ccc2c(-c3cccc(F)c3)noc2c1Cl. The first kappa shape index (κ1) is 13.9. The molecule has 4 nitrogen and oxygen atoms in total. The summed E-state index contributed by atoms with van der Waals surface area (Å²) in [6.07, 6.45) is 0. The molecule has 0 bridgehead atoms. The molecule has 3 rings (SSSR count). The first-order chi connectivity index (χ1) is 10.2. The second-order valence-electron chi connectivity index (χ2n) is 4.43. The molecule has 0 saturated heterocycles. The molecule has 108 valence electrons. The normalized spacial score (nSPS) is 11.0. The molecule has 0 aliphatic rings. The smallest absolute Gasteiger partial charge is 0.189 e. The van der Waals surface area contributed by atoms with E-state index in [0.717, 1.165) is 0 Å². The summed E-state index contributed by atoms with van der Waals surface area (Å²) >= 11 is 6.24. The van der Waals surface area contributed by atoms with Gasteiger partial charge < -0.3 is 15.0 Å². The summed E-state index contributed by atoms with van der Waals surface area (Å²) in [5, 5.41) is 5.01. The van der Waals surface area contributed by atoms with Crippen LogP contribution in [-0.4, -0.2) is 18.3 Å². The van der Waals surface area contributed by atoms with Gasteiger partial charge in [-0.25, -0.2) is 4.39 Å². The van der Waals surface area contributed by atoms with Gasteiger partial charge in [-0.05, 0) is 24.3 Å². The molecule has 0 amide bonds. The van der Waals surface area contributed by atoms with Crippen LogP contribution < -0.4 is 10.5 Å². The predicted molar refractivity (Wildman–Crippen MR) is 79.0 cm³/mol. The largest absolute Gasteiger partial charge is 0.491 e. The van der Waals surface area contributed by atoms with Crippen LogP contribution in [0.25, 0.3) is 22.2 Å². The van der Waals surface area contributed by atoms with Crippen molar-refractivity contribution in [1.82, 2.24) is 5.16 Å². The topological polar surface area (TPSA) is 61.3 Å². The summed E-state index contributed by atoms with van der Waals surface area (Å²) < 4.78 is 24.0. The molecule has 3 aromatic rings. The molecule has 1 aromatic heterocycles. The number of nitrogens with zero attached hydrogens (tertiary/aromatic N) is 1. The van der Waals surface area contributed by atoms with Crippen molar-refractivity contribution in [3.8, 4) is 17.0 Å². The van der Waals surface area contributed by atoms with E-state index >= 15 is 0 Å². The van der Waals surface area contributed by atoms with Crippen LogP contribution in [0.15, 0.2) is 40.9 Å². The average Bonchev–Trinajstić information content (AvgIpc) is 2.91. The summed E-state index contributed by atoms with van der Waals surface area (Å²) in [6, 6.07) is 9.64. The van der Waals surface area contributed by atoms with Gasteiger partial charge in [-0.15, -0.1) is 0 Å². The Hall–Kier alpha value is -2.11. The van der Waals surface area contributed by atoms with E-state index in [1.54, 1.807) is 24.3 Å². The molecule has 2 N–H and O–H groups in total. The number of hydrogen-bond acceptors (Lipinski definition) is 4. The molecule has 0 unspecified atom stereocenters. The van der Waals surface area contributed by atoms with Crippen molar-refractivity contribution in [1.29, 1.82) is 0 Å². The number of aromatic nitrogens is 1. The summed E-state index contributed by atoms with van der Waals surface area (Å²) in [6.45, 7) is 0.745. The van der Waals surface area contributed by atoms with Crippen molar-refractivity contribution in [3.63, 3.8) is 0 Å². The van der Waals surface area contributed by atoms with Gasteiger partial charge in [0.05, 0.1) is 5.39 Å². The van der Waals surface area contributed by atoms with Gasteiger partial charge in [-0.3, -0.25) is 0 Å². The molecule has 6 heteroatoms. The van der Waals surface area contributed by atoms with Gasteiger partial charge in [0.2, 0.25) is 0 Å². The Morgan fingerprint density at radius 2 is 2.14 bits per heavy atom. The van der Waals surface area contributed by atoms with Crippen LogP contribution in [0.5, 0.6) is 5.75 Å². The minimum atomic E-state index is -0.336. The van der Waals surface area contributed by atoms with Crippen LogP contribution in [0, 0.1) is 5.82 Å². The molecule has 2 aromatic carbocycles. The van der Waals surface area contributed by atoms with Crippen LogP contribution in [-0.2, 0) is 0 Å². The third-order valence-corrected chi connectivity index (χ3v) is 3.38. The average molecular weight is 307 g/mol. The van der Waals surface area contributed by atoms with E-state index in [-0.39, 0.29) is 5.82 Å². The van der Waals surface area contributed by atoms with Gasteiger partial charge >= 0.3 is 0 Å². The Balaban J connectivity index is 2.09. The number of nitrogens with two attached hydrogens (primary N) is 1. The van der Waals surface area contributed by atoms with E-state index in [9.17, 15) is 4.39 Å². The van der Waals surface area contributed by atoms with Crippen LogP contribution in [0.2, 0.25) is 5.02 Å². The summed E-state index contributed by atoms with van der Waals surface area (Å²) in [7, 11) is 0. The molecule has 0 saturated carbocycles. The third kappa shape index (κ3) is 2.57. The van der Waals surface area contributed by atoms with E-state index in [1.165, 1.54) is 12.1 Å². The molecule has 0 atom stereocenters. The number of ether oxygens (including phenoxy) is 1. The maximum absolute atomic E-state index is 13.3. The van der Waals surface area contributed by atoms with Crippen molar-refractivity contribution in [2.45, 2.75) is 0 Å². The molecular formula is C15H12ClFN2O2. The van der Waals surface area contributed by atoms with Gasteiger partial charge in [0.1, 0.15) is 28.9 Å². The molecule has 21 heavy (non-hydrogen) atoms. The number of benzene rings is 2. The third-order valence-electron chi connectivity index (χ3n) is 3.02. The minimum Gasteiger partial charge on any atom is -0.491 e. The highest BCUT2D eigenvalue weighted by Crippen LogP contribution is 2.37. The highest BCUT2D eigenvalue weighted by molar-refractivity contribution is 6.36. The van der Waals surface area contributed by atoms with E-state index < -0.39 is 0 Å². The molecular weight excluding hydrogens is 295 g/mol. The Bertz CT molecular complexity index is 788.